The third-order valence-corrected chi connectivity index (χ3v) is 6.09. The van der Waals surface area contributed by atoms with Crippen LogP contribution in [0.2, 0.25) is 0 Å². The van der Waals surface area contributed by atoms with Gasteiger partial charge in [-0.25, -0.2) is 13.1 Å². The predicted molar refractivity (Wildman–Crippen MR) is 94.4 cm³/mol. The zero-order valence-electron chi connectivity index (χ0n) is 13.6. The molecule has 2 aliphatic rings. The molecule has 3 rings (SSSR count). The minimum absolute atomic E-state index is 0. The fourth-order valence-electron chi connectivity index (χ4n) is 3.33. The summed E-state index contributed by atoms with van der Waals surface area (Å²) in [4.78, 5) is 0.191. The first kappa shape index (κ1) is 19.3. The van der Waals surface area contributed by atoms with E-state index >= 15 is 0 Å². The molecule has 1 unspecified atom stereocenters. The van der Waals surface area contributed by atoms with Crippen molar-refractivity contribution < 1.29 is 17.9 Å². The Balaban J connectivity index is 0.00000208. The summed E-state index contributed by atoms with van der Waals surface area (Å²) >= 11 is 0. The largest absolute Gasteiger partial charge is 0.486 e. The molecule has 1 aromatic rings. The predicted octanol–water partition coefficient (Wildman–Crippen LogP) is 2.07. The number of sulfonamides is 1. The van der Waals surface area contributed by atoms with Crippen LogP contribution in [0.3, 0.4) is 0 Å². The number of rotatable bonds is 5. The summed E-state index contributed by atoms with van der Waals surface area (Å²) < 4.78 is 39.0. The van der Waals surface area contributed by atoms with Crippen molar-refractivity contribution in [2.24, 2.45) is 11.7 Å². The highest BCUT2D eigenvalue weighted by Gasteiger charge is 2.28. The number of nitrogens with two attached hydrogens (primary N) is 1. The molecule has 136 valence electrons. The second-order valence-corrected chi connectivity index (χ2v) is 7.88. The minimum Gasteiger partial charge on any atom is -0.486 e. The monoisotopic (exact) mass is 376 g/mol. The third-order valence-electron chi connectivity index (χ3n) is 4.60. The Morgan fingerprint density at radius 2 is 1.79 bits per heavy atom. The maximum Gasteiger partial charge on any atom is 0.241 e. The Kier molecular flexibility index (Phi) is 6.74. The molecule has 0 saturated heterocycles. The molecule has 1 saturated carbocycles. The van der Waals surface area contributed by atoms with Crippen LogP contribution in [0.15, 0.2) is 23.1 Å². The van der Waals surface area contributed by atoms with Crippen molar-refractivity contribution in [3.8, 4) is 11.5 Å². The average molecular weight is 377 g/mol. The molecule has 0 spiro atoms. The summed E-state index contributed by atoms with van der Waals surface area (Å²) in [6, 6.07) is 4.49. The van der Waals surface area contributed by atoms with Gasteiger partial charge in [-0.2, -0.15) is 0 Å². The van der Waals surface area contributed by atoms with E-state index in [1.807, 2.05) is 0 Å². The topological polar surface area (TPSA) is 90.7 Å². The number of hydrogen-bond acceptors (Lipinski definition) is 5. The van der Waals surface area contributed by atoms with E-state index in [1.54, 1.807) is 12.1 Å². The Morgan fingerprint density at radius 3 is 2.46 bits per heavy atom. The van der Waals surface area contributed by atoms with Gasteiger partial charge in [0.15, 0.2) is 11.5 Å². The molecule has 6 nitrogen and oxygen atoms in total. The maximum atomic E-state index is 12.7. The number of benzene rings is 1. The van der Waals surface area contributed by atoms with Crippen molar-refractivity contribution in [3.05, 3.63) is 18.2 Å². The van der Waals surface area contributed by atoms with Crippen LogP contribution in [0, 0.1) is 5.92 Å². The summed E-state index contributed by atoms with van der Waals surface area (Å²) in [7, 11) is -3.62. The van der Waals surface area contributed by atoms with Gasteiger partial charge in [-0.15, -0.1) is 12.4 Å². The Morgan fingerprint density at radius 1 is 1.12 bits per heavy atom. The molecule has 3 N–H and O–H groups in total. The molecule has 1 aromatic carbocycles. The molecule has 8 heteroatoms. The van der Waals surface area contributed by atoms with Gasteiger partial charge in [0.1, 0.15) is 13.2 Å². The van der Waals surface area contributed by atoms with Crippen molar-refractivity contribution in [2.75, 3.05) is 19.8 Å². The molecule has 1 aliphatic heterocycles. The summed E-state index contributed by atoms with van der Waals surface area (Å²) in [5, 5.41) is 0. The number of nitrogens with one attached hydrogen (secondary N) is 1. The van der Waals surface area contributed by atoms with Crippen molar-refractivity contribution in [1.82, 2.24) is 4.72 Å². The Bertz CT molecular complexity index is 647. The zero-order chi connectivity index (χ0) is 16.3. The average Bonchev–Trinajstić information content (AvgIpc) is 2.60. The first-order chi connectivity index (χ1) is 11.1. The van der Waals surface area contributed by atoms with Gasteiger partial charge in [-0.1, -0.05) is 19.3 Å². The van der Waals surface area contributed by atoms with Crippen molar-refractivity contribution in [2.45, 2.75) is 43.0 Å². The fraction of sp³-hybridized carbons (Fsp3) is 0.625. The number of halogens is 1. The molecule has 1 heterocycles. The van der Waals surface area contributed by atoms with Gasteiger partial charge >= 0.3 is 0 Å². The molecule has 0 radical (unpaired) electrons. The van der Waals surface area contributed by atoms with E-state index in [0.717, 1.165) is 25.7 Å². The molecule has 1 atom stereocenters. The van der Waals surface area contributed by atoms with Crippen molar-refractivity contribution >= 4 is 22.4 Å². The van der Waals surface area contributed by atoms with Crippen LogP contribution < -0.4 is 19.9 Å². The van der Waals surface area contributed by atoms with Crippen LogP contribution in [0.1, 0.15) is 32.1 Å². The summed E-state index contributed by atoms with van der Waals surface area (Å²) in [6.45, 7) is 1.22. The van der Waals surface area contributed by atoms with Gasteiger partial charge in [0.2, 0.25) is 10.0 Å². The lowest BCUT2D eigenvalue weighted by molar-refractivity contribution is 0.171. The van der Waals surface area contributed by atoms with E-state index in [1.165, 1.54) is 12.5 Å². The number of fused-ring (bicyclic) bond motifs is 1. The van der Waals surface area contributed by atoms with Gasteiger partial charge in [-0.3, -0.25) is 0 Å². The van der Waals surface area contributed by atoms with E-state index in [4.69, 9.17) is 15.2 Å². The Hall–Kier alpha value is -1.02. The second kappa shape index (κ2) is 8.38. The second-order valence-electron chi connectivity index (χ2n) is 6.17. The SMILES string of the molecule is Cl.NCC(NS(=O)(=O)c1ccc2c(c1)OCCO2)C1CCCCC1. The van der Waals surface area contributed by atoms with Gasteiger partial charge in [0, 0.05) is 18.7 Å². The van der Waals surface area contributed by atoms with Crippen LogP contribution in [0.5, 0.6) is 11.5 Å². The van der Waals surface area contributed by atoms with Crippen molar-refractivity contribution in [3.63, 3.8) is 0 Å². The lowest BCUT2D eigenvalue weighted by Crippen LogP contribution is -2.45. The molecule has 1 aliphatic carbocycles. The lowest BCUT2D eigenvalue weighted by atomic mass is 9.84. The molecule has 0 bridgehead atoms. The normalized spacial score (nSPS) is 19.4. The summed E-state index contributed by atoms with van der Waals surface area (Å²) in [6.07, 6.45) is 5.58. The van der Waals surface area contributed by atoms with Crippen LogP contribution in [-0.4, -0.2) is 34.2 Å². The first-order valence-electron chi connectivity index (χ1n) is 8.22. The maximum absolute atomic E-state index is 12.7. The third kappa shape index (κ3) is 4.33. The lowest BCUT2D eigenvalue weighted by Gasteiger charge is -2.30. The molecule has 0 amide bonds. The highest BCUT2D eigenvalue weighted by Crippen LogP contribution is 2.33. The highest BCUT2D eigenvalue weighted by molar-refractivity contribution is 7.89. The molecule has 1 fully saturated rings. The molecular formula is C16H25ClN2O4S. The Labute approximate surface area is 149 Å². The van der Waals surface area contributed by atoms with Crippen LogP contribution in [0.25, 0.3) is 0 Å². The van der Waals surface area contributed by atoms with Crippen LogP contribution >= 0.6 is 12.4 Å². The first-order valence-corrected chi connectivity index (χ1v) is 9.70. The highest BCUT2D eigenvalue weighted by atomic mass is 35.5. The van der Waals surface area contributed by atoms with Gasteiger partial charge < -0.3 is 15.2 Å². The van der Waals surface area contributed by atoms with Gasteiger partial charge in [0.05, 0.1) is 4.90 Å². The number of ether oxygens (including phenoxy) is 2. The van der Waals surface area contributed by atoms with Crippen molar-refractivity contribution in [1.29, 1.82) is 0 Å². The van der Waals surface area contributed by atoms with E-state index < -0.39 is 10.0 Å². The number of hydrogen-bond donors (Lipinski definition) is 2. The molecular weight excluding hydrogens is 352 g/mol. The molecule has 0 aromatic heterocycles. The minimum atomic E-state index is -3.62. The summed E-state index contributed by atoms with van der Waals surface area (Å²) in [5.74, 6) is 1.37. The van der Waals surface area contributed by atoms with E-state index in [0.29, 0.717) is 37.2 Å². The van der Waals surface area contributed by atoms with Gasteiger partial charge in [0.25, 0.3) is 0 Å². The fourth-order valence-corrected chi connectivity index (χ4v) is 4.66. The van der Waals surface area contributed by atoms with Gasteiger partial charge in [-0.05, 0) is 30.9 Å². The van der Waals surface area contributed by atoms with E-state index in [9.17, 15) is 8.42 Å². The summed E-state index contributed by atoms with van der Waals surface area (Å²) in [5.41, 5.74) is 5.83. The van der Waals surface area contributed by atoms with Crippen LogP contribution in [-0.2, 0) is 10.0 Å². The van der Waals surface area contributed by atoms with Crippen LogP contribution in [0.4, 0.5) is 0 Å². The van der Waals surface area contributed by atoms with E-state index in [2.05, 4.69) is 4.72 Å². The quantitative estimate of drug-likeness (QED) is 0.820. The molecule has 24 heavy (non-hydrogen) atoms. The van der Waals surface area contributed by atoms with E-state index in [-0.39, 0.29) is 23.3 Å². The zero-order valence-corrected chi connectivity index (χ0v) is 15.2. The smallest absolute Gasteiger partial charge is 0.241 e. The standard InChI is InChI=1S/C16H24N2O4S.ClH/c17-11-14(12-4-2-1-3-5-12)18-23(19,20)13-6-7-15-16(10-13)22-9-8-21-15;/h6-7,10,12,14,18H,1-5,8-9,11,17H2;1H.